The molecule has 0 bridgehead atoms. The lowest BCUT2D eigenvalue weighted by Crippen LogP contribution is -2.37. The van der Waals surface area contributed by atoms with Gasteiger partial charge in [-0.05, 0) is 26.7 Å². The van der Waals surface area contributed by atoms with Crippen LogP contribution in [0.2, 0.25) is 0 Å². The number of carbonyl (C=O) groups is 1. The number of hydrogen-bond acceptors (Lipinski definition) is 4. The average Bonchev–Trinajstić information content (AvgIpc) is 2.17. The van der Waals surface area contributed by atoms with Crippen LogP contribution in [-0.4, -0.2) is 36.5 Å². The second kappa shape index (κ2) is 5.32. The first kappa shape index (κ1) is 11.5. The summed E-state index contributed by atoms with van der Waals surface area (Å²) < 4.78 is 10.1. The van der Waals surface area contributed by atoms with Crippen molar-refractivity contribution in [3.05, 3.63) is 0 Å². The van der Waals surface area contributed by atoms with Crippen molar-refractivity contribution in [1.82, 2.24) is 0 Å². The number of esters is 1. The molecule has 1 N–H and O–H groups in total. The fourth-order valence-electron chi connectivity index (χ4n) is 1.74. The zero-order valence-electron chi connectivity index (χ0n) is 8.73. The molecule has 1 fully saturated rings. The first-order valence-corrected chi connectivity index (χ1v) is 5.11. The first-order chi connectivity index (χ1) is 6.65. The third-order valence-electron chi connectivity index (χ3n) is 2.50. The highest BCUT2D eigenvalue weighted by molar-refractivity contribution is 5.74. The Labute approximate surface area is 84.2 Å². The Kier molecular flexibility index (Phi) is 4.35. The lowest BCUT2D eigenvalue weighted by molar-refractivity contribution is -0.159. The monoisotopic (exact) mass is 202 g/mol. The van der Waals surface area contributed by atoms with Crippen LogP contribution >= 0.6 is 0 Å². The van der Waals surface area contributed by atoms with E-state index in [4.69, 9.17) is 9.47 Å². The number of hydrogen-bond donors (Lipinski definition) is 1. The van der Waals surface area contributed by atoms with Gasteiger partial charge in [0.25, 0.3) is 0 Å². The summed E-state index contributed by atoms with van der Waals surface area (Å²) in [6.07, 6.45) is 0.587. The van der Waals surface area contributed by atoms with Crippen molar-refractivity contribution in [2.75, 3.05) is 13.2 Å². The van der Waals surface area contributed by atoms with Gasteiger partial charge in [-0.2, -0.15) is 0 Å². The van der Waals surface area contributed by atoms with E-state index in [2.05, 4.69) is 0 Å². The van der Waals surface area contributed by atoms with Crippen LogP contribution in [0.25, 0.3) is 0 Å². The minimum atomic E-state index is -0.985. The van der Waals surface area contributed by atoms with E-state index in [-0.39, 0.29) is 12.0 Å². The molecule has 1 rings (SSSR count). The normalized spacial score (nSPS) is 29.6. The molecule has 3 unspecified atom stereocenters. The molecule has 0 aromatic heterocycles. The molecular formula is C10H18O4. The summed E-state index contributed by atoms with van der Waals surface area (Å²) in [6, 6.07) is 0. The molecule has 4 nitrogen and oxygen atoms in total. The second-order valence-electron chi connectivity index (χ2n) is 3.66. The van der Waals surface area contributed by atoms with Crippen molar-refractivity contribution in [2.45, 2.75) is 38.9 Å². The first-order valence-electron chi connectivity index (χ1n) is 5.11. The quantitative estimate of drug-likeness (QED) is 0.685. The maximum atomic E-state index is 11.2. The van der Waals surface area contributed by atoms with Gasteiger partial charge < -0.3 is 14.6 Å². The summed E-state index contributed by atoms with van der Waals surface area (Å²) in [5, 5.41) is 9.66. The Bertz CT molecular complexity index is 193. The third kappa shape index (κ3) is 2.96. The Morgan fingerprint density at radius 1 is 1.71 bits per heavy atom. The Balaban J connectivity index is 2.42. The van der Waals surface area contributed by atoms with Crippen molar-refractivity contribution >= 4 is 5.97 Å². The molecule has 0 amide bonds. The second-order valence-corrected chi connectivity index (χ2v) is 3.66. The van der Waals surface area contributed by atoms with E-state index in [0.717, 1.165) is 12.8 Å². The molecule has 0 aromatic carbocycles. The molecular weight excluding hydrogens is 184 g/mol. The van der Waals surface area contributed by atoms with Gasteiger partial charge in [0, 0.05) is 12.5 Å². The van der Waals surface area contributed by atoms with E-state index in [1.54, 1.807) is 6.92 Å². The van der Waals surface area contributed by atoms with Crippen molar-refractivity contribution in [3.63, 3.8) is 0 Å². The summed E-state index contributed by atoms with van der Waals surface area (Å²) in [5.74, 6) is -0.524. The number of aliphatic hydroxyl groups is 1. The van der Waals surface area contributed by atoms with Crippen LogP contribution in [0.3, 0.4) is 0 Å². The molecule has 1 aliphatic rings. The van der Waals surface area contributed by atoms with Crippen molar-refractivity contribution in [3.8, 4) is 0 Å². The molecule has 0 aromatic rings. The van der Waals surface area contributed by atoms with E-state index >= 15 is 0 Å². The predicted octanol–water partition coefficient (Wildman–Crippen LogP) is 0.725. The fraction of sp³-hybridized carbons (Fsp3) is 0.900. The molecule has 0 spiro atoms. The number of carbonyl (C=O) groups excluding carboxylic acids is 1. The van der Waals surface area contributed by atoms with Crippen LogP contribution in [0.4, 0.5) is 0 Å². The van der Waals surface area contributed by atoms with Gasteiger partial charge in [-0.15, -0.1) is 0 Å². The molecule has 4 heteroatoms. The molecule has 0 aliphatic carbocycles. The highest BCUT2D eigenvalue weighted by Crippen LogP contribution is 2.23. The lowest BCUT2D eigenvalue weighted by atomic mass is 9.91. The molecule has 1 heterocycles. The fourth-order valence-corrected chi connectivity index (χ4v) is 1.74. The number of aliphatic hydroxyl groups excluding tert-OH is 1. The van der Waals surface area contributed by atoms with E-state index in [1.165, 1.54) is 0 Å². The standard InChI is InChI=1S/C10H18O4/c1-3-13-10(12)9(11)8-4-5-14-7(2)6-8/h7-9,11H,3-6H2,1-2H3. The van der Waals surface area contributed by atoms with Crippen molar-refractivity contribution < 1.29 is 19.4 Å². The maximum absolute atomic E-state index is 11.2. The van der Waals surface area contributed by atoms with Gasteiger partial charge in [-0.25, -0.2) is 4.79 Å². The topological polar surface area (TPSA) is 55.8 Å². The molecule has 1 saturated heterocycles. The van der Waals surface area contributed by atoms with Crippen molar-refractivity contribution in [2.24, 2.45) is 5.92 Å². The Morgan fingerprint density at radius 2 is 2.43 bits per heavy atom. The predicted molar refractivity (Wildman–Crippen MR) is 50.8 cm³/mol. The minimum Gasteiger partial charge on any atom is -0.464 e. The van der Waals surface area contributed by atoms with Gasteiger partial charge in [0.2, 0.25) is 0 Å². The van der Waals surface area contributed by atoms with Gasteiger partial charge in [0.15, 0.2) is 6.10 Å². The van der Waals surface area contributed by atoms with Crippen LogP contribution in [0.5, 0.6) is 0 Å². The minimum absolute atomic E-state index is 0.0159. The number of rotatable bonds is 3. The van der Waals surface area contributed by atoms with Crippen LogP contribution in [-0.2, 0) is 14.3 Å². The van der Waals surface area contributed by atoms with Crippen LogP contribution in [0.1, 0.15) is 26.7 Å². The highest BCUT2D eigenvalue weighted by atomic mass is 16.5. The molecule has 3 atom stereocenters. The summed E-state index contributed by atoms with van der Waals surface area (Å²) in [7, 11) is 0. The van der Waals surface area contributed by atoms with E-state index in [9.17, 15) is 9.90 Å². The van der Waals surface area contributed by atoms with E-state index < -0.39 is 12.1 Å². The average molecular weight is 202 g/mol. The summed E-state index contributed by atoms with van der Waals surface area (Å²) in [4.78, 5) is 11.2. The molecule has 1 aliphatic heterocycles. The smallest absolute Gasteiger partial charge is 0.335 e. The maximum Gasteiger partial charge on any atom is 0.335 e. The van der Waals surface area contributed by atoms with Gasteiger partial charge in [0.1, 0.15) is 0 Å². The van der Waals surface area contributed by atoms with Crippen LogP contribution < -0.4 is 0 Å². The number of ether oxygens (including phenoxy) is 2. The van der Waals surface area contributed by atoms with Gasteiger partial charge in [-0.3, -0.25) is 0 Å². The lowest BCUT2D eigenvalue weighted by Gasteiger charge is -2.29. The zero-order valence-corrected chi connectivity index (χ0v) is 8.73. The Morgan fingerprint density at radius 3 is 3.00 bits per heavy atom. The molecule has 0 saturated carbocycles. The summed E-state index contributed by atoms with van der Waals surface area (Å²) in [6.45, 7) is 4.61. The summed E-state index contributed by atoms with van der Waals surface area (Å²) >= 11 is 0. The third-order valence-corrected chi connectivity index (χ3v) is 2.50. The Hall–Kier alpha value is -0.610. The molecule has 0 radical (unpaired) electrons. The molecule has 14 heavy (non-hydrogen) atoms. The van der Waals surface area contributed by atoms with Crippen LogP contribution in [0, 0.1) is 5.92 Å². The van der Waals surface area contributed by atoms with E-state index in [1.807, 2.05) is 6.92 Å². The van der Waals surface area contributed by atoms with Gasteiger partial charge >= 0.3 is 5.97 Å². The highest BCUT2D eigenvalue weighted by Gasteiger charge is 2.31. The van der Waals surface area contributed by atoms with Gasteiger partial charge in [-0.1, -0.05) is 0 Å². The summed E-state index contributed by atoms with van der Waals surface area (Å²) in [5.41, 5.74) is 0. The van der Waals surface area contributed by atoms with Gasteiger partial charge in [0.05, 0.1) is 12.7 Å². The van der Waals surface area contributed by atoms with Crippen molar-refractivity contribution in [1.29, 1.82) is 0 Å². The zero-order chi connectivity index (χ0) is 10.6. The van der Waals surface area contributed by atoms with E-state index in [0.29, 0.717) is 13.2 Å². The largest absolute Gasteiger partial charge is 0.464 e. The van der Waals surface area contributed by atoms with Crippen LogP contribution in [0.15, 0.2) is 0 Å². The SMILES string of the molecule is CCOC(=O)C(O)C1CCOC(C)C1. The molecule has 82 valence electrons.